The Morgan fingerprint density at radius 3 is 2.24 bits per heavy atom. The van der Waals surface area contributed by atoms with E-state index in [9.17, 15) is 4.79 Å². The highest BCUT2D eigenvalue weighted by Gasteiger charge is 2.36. The van der Waals surface area contributed by atoms with Gasteiger partial charge in [0.15, 0.2) is 0 Å². The molecule has 2 aromatic carbocycles. The molecule has 0 radical (unpaired) electrons. The lowest BCUT2D eigenvalue weighted by molar-refractivity contribution is 0.0874. The maximum absolute atomic E-state index is 14.0. The van der Waals surface area contributed by atoms with Crippen molar-refractivity contribution in [2.45, 2.75) is 82.8 Å². The van der Waals surface area contributed by atoms with Gasteiger partial charge in [-0.1, -0.05) is 90.1 Å². The third kappa shape index (κ3) is 5.17. The van der Waals surface area contributed by atoms with Crippen LogP contribution >= 0.6 is 11.8 Å². The molecule has 1 heterocycles. The van der Waals surface area contributed by atoms with E-state index in [0.717, 1.165) is 29.8 Å². The van der Waals surface area contributed by atoms with E-state index in [0.29, 0.717) is 24.2 Å². The Balaban J connectivity index is 1.77. The molecule has 0 N–H and O–H groups in total. The van der Waals surface area contributed by atoms with Crippen LogP contribution < -0.4 is 0 Å². The lowest BCUT2D eigenvalue weighted by atomic mass is 9.75. The van der Waals surface area contributed by atoms with Gasteiger partial charge in [-0.05, 0) is 42.2 Å². The van der Waals surface area contributed by atoms with Crippen molar-refractivity contribution in [2.24, 2.45) is 11.3 Å². The highest BCUT2D eigenvalue weighted by atomic mass is 32.2. The maximum Gasteiger partial charge on any atom is 0.248 e. The Morgan fingerprint density at radius 1 is 1.03 bits per heavy atom. The number of thioether (sulfide) groups is 1. The number of hydrogen-bond acceptors (Lipinski definition) is 3. The first-order chi connectivity index (χ1) is 16.2. The Hall–Kier alpha value is -2.33. The van der Waals surface area contributed by atoms with Crippen molar-refractivity contribution >= 4 is 17.7 Å². The van der Waals surface area contributed by atoms with Gasteiger partial charge in [0.2, 0.25) is 5.91 Å². The molecule has 0 fully saturated rings. The van der Waals surface area contributed by atoms with Gasteiger partial charge in [0.05, 0.1) is 11.4 Å². The minimum atomic E-state index is -0.0242. The van der Waals surface area contributed by atoms with Gasteiger partial charge in [0.1, 0.15) is 0 Å². The summed E-state index contributed by atoms with van der Waals surface area (Å²) in [6.07, 6.45) is 2.73. The summed E-state index contributed by atoms with van der Waals surface area (Å²) in [6, 6.07) is 20.8. The standard InChI is InChI=1S/C30H38N2OS/c1-20(2)24-18-17-21(3)27-28(24)31-32(29(27)22-13-9-7-10-14-22)26(33)19-25(30(4,5)6)34-23-15-11-8-12-16-23/h7-16,20-21,24-25H,17-19H2,1-6H3/t21-,24+,25?/m1/s1. The maximum atomic E-state index is 14.0. The van der Waals surface area contributed by atoms with Crippen LogP contribution in [0.3, 0.4) is 0 Å². The predicted molar refractivity (Wildman–Crippen MR) is 144 cm³/mol. The number of nitrogens with zero attached hydrogens (tertiary/aromatic N) is 2. The van der Waals surface area contributed by atoms with Gasteiger partial charge in [-0.15, -0.1) is 11.8 Å². The number of aromatic nitrogens is 2. The van der Waals surface area contributed by atoms with Crippen molar-refractivity contribution in [3.63, 3.8) is 0 Å². The van der Waals surface area contributed by atoms with Gasteiger partial charge in [-0.25, -0.2) is 0 Å². The van der Waals surface area contributed by atoms with Crippen LogP contribution in [0.2, 0.25) is 0 Å². The molecule has 4 rings (SSSR count). The van der Waals surface area contributed by atoms with Crippen molar-refractivity contribution in [3.05, 3.63) is 71.9 Å². The van der Waals surface area contributed by atoms with Crippen LogP contribution in [0.1, 0.15) is 88.7 Å². The van der Waals surface area contributed by atoms with Gasteiger partial charge >= 0.3 is 0 Å². The van der Waals surface area contributed by atoms with Crippen molar-refractivity contribution in [3.8, 4) is 11.3 Å². The summed E-state index contributed by atoms with van der Waals surface area (Å²) < 4.78 is 1.77. The van der Waals surface area contributed by atoms with Crippen molar-refractivity contribution in [1.82, 2.24) is 9.78 Å². The van der Waals surface area contributed by atoms with Crippen LogP contribution in [0, 0.1) is 11.3 Å². The molecule has 1 aromatic heterocycles. The average Bonchev–Trinajstić information content (AvgIpc) is 3.21. The third-order valence-corrected chi connectivity index (χ3v) is 8.84. The van der Waals surface area contributed by atoms with Crippen LogP contribution in [-0.2, 0) is 0 Å². The second kappa shape index (κ2) is 10.1. The molecule has 0 saturated heterocycles. The van der Waals surface area contributed by atoms with Crippen LogP contribution in [-0.4, -0.2) is 20.9 Å². The van der Waals surface area contributed by atoms with Crippen LogP contribution in [0.4, 0.5) is 0 Å². The molecule has 3 atom stereocenters. The molecule has 1 unspecified atom stereocenters. The van der Waals surface area contributed by atoms with Gasteiger partial charge in [0, 0.05) is 33.6 Å². The second-order valence-corrected chi connectivity index (χ2v) is 12.4. The Labute approximate surface area is 209 Å². The van der Waals surface area contributed by atoms with Gasteiger partial charge in [-0.2, -0.15) is 9.78 Å². The SMILES string of the molecule is CC(C)[C@@H]1CC[C@@H](C)c2c1nn(C(=O)CC(Sc1ccccc1)C(C)(C)C)c2-c1ccccc1. The quantitative estimate of drug-likeness (QED) is 0.336. The monoisotopic (exact) mass is 474 g/mol. The Bertz CT molecular complexity index is 1110. The molecule has 0 amide bonds. The third-order valence-electron chi connectivity index (χ3n) is 7.14. The van der Waals surface area contributed by atoms with E-state index >= 15 is 0 Å². The minimum Gasteiger partial charge on any atom is -0.273 e. The zero-order chi connectivity index (χ0) is 24.5. The average molecular weight is 475 g/mol. The summed E-state index contributed by atoms with van der Waals surface area (Å²) in [5.74, 6) is 1.40. The van der Waals surface area contributed by atoms with E-state index in [1.807, 2.05) is 12.1 Å². The molecular formula is C30H38N2OS. The smallest absolute Gasteiger partial charge is 0.248 e. The van der Waals surface area contributed by atoms with Gasteiger partial charge in [-0.3, -0.25) is 4.79 Å². The van der Waals surface area contributed by atoms with Crippen molar-refractivity contribution < 1.29 is 4.79 Å². The molecule has 4 heteroatoms. The first kappa shape index (κ1) is 24.8. The molecule has 1 aliphatic rings. The fraction of sp³-hybridized carbons (Fsp3) is 0.467. The Kier molecular flexibility index (Phi) is 7.37. The molecule has 0 saturated carbocycles. The van der Waals surface area contributed by atoms with Crippen LogP contribution in [0.25, 0.3) is 11.3 Å². The summed E-state index contributed by atoms with van der Waals surface area (Å²) >= 11 is 1.80. The summed E-state index contributed by atoms with van der Waals surface area (Å²) in [4.78, 5) is 15.2. The zero-order valence-corrected chi connectivity index (χ0v) is 22.2. The van der Waals surface area contributed by atoms with E-state index in [2.05, 4.69) is 90.1 Å². The van der Waals surface area contributed by atoms with Crippen LogP contribution in [0.15, 0.2) is 65.6 Å². The lowest BCUT2D eigenvalue weighted by Crippen LogP contribution is -2.29. The number of fused-ring (bicyclic) bond motifs is 1. The lowest BCUT2D eigenvalue weighted by Gasteiger charge is -2.30. The van der Waals surface area contributed by atoms with E-state index < -0.39 is 0 Å². The zero-order valence-electron chi connectivity index (χ0n) is 21.4. The number of carbonyl (C=O) groups excluding carboxylic acids is 1. The van der Waals surface area contributed by atoms with Crippen LogP contribution in [0.5, 0.6) is 0 Å². The highest BCUT2D eigenvalue weighted by Crippen LogP contribution is 2.46. The number of hydrogen-bond donors (Lipinski definition) is 0. The van der Waals surface area contributed by atoms with Gasteiger partial charge in [0.25, 0.3) is 0 Å². The van der Waals surface area contributed by atoms with E-state index in [1.54, 1.807) is 16.4 Å². The molecular weight excluding hydrogens is 436 g/mol. The number of carbonyl (C=O) groups is 1. The fourth-order valence-corrected chi connectivity index (χ4v) is 6.28. The Morgan fingerprint density at radius 2 is 1.65 bits per heavy atom. The molecule has 0 aliphatic heterocycles. The van der Waals surface area contributed by atoms with E-state index in [1.165, 1.54) is 10.5 Å². The summed E-state index contributed by atoms with van der Waals surface area (Å²) in [6.45, 7) is 13.5. The molecule has 1 aliphatic carbocycles. The second-order valence-electron chi connectivity index (χ2n) is 11.1. The molecule has 3 aromatic rings. The molecule has 180 valence electrons. The minimum absolute atomic E-state index is 0.0242. The van der Waals surface area contributed by atoms with E-state index in [-0.39, 0.29) is 16.6 Å². The molecule has 34 heavy (non-hydrogen) atoms. The normalized spacial score (nSPS) is 19.1. The molecule has 3 nitrogen and oxygen atoms in total. The van der Waals surface area contributed by atoms with E-state index in [4.69, 9.17) is 5.10 Å². The van der Waals surface area contributed by atoms with Crippen molar-refractivity contribution in [2.75, 3.05) is 0 Å². The first-order valence-corrected chi connectivity index (χ1v) is 13.5. The topological polar surface area (TPSA) is 34.9 Å². The van der Waals surface area contributed by atoms with Crippen molar-refractivity contribution in [1.29, 1.82) is 0 Å². The van der Waals surface area contributed by atoms with Gasteiger partial charge < -0.3 is 0 Å². The summed E-state index contributed by atoms with van der Waals surface area (Å²) in [5, 5.41) is 5.22. The molecule has 0 bridgehead atoms. The number of benzene rings is 2. The largest absolute Gasteiger partial charge is 0.273 e. The predicted octanol–water partition coefficient (Wildman–Crippen LogP) is 8.42. The summed E-state index contributed by atoms with van der Waals surface area (Å²) in [5.41, 5.74) is 4.50. The highest BCUT2D eigenvalue weighted by molar-refractivity contribution is 8.00. The molecule has 0 spiro atoms. The first-order valence-electron chi connectivity index (χ1n) is 12.6. The summed E-state index contributed by atoms with van der Waals surface area (Å²) in [7, 11) is 0. The fourth-order valence-electron chi connectivity index (χ4n) is 5.05. The number of rotatable bonds is 6.